The molecular formula is C19H19N3O6S. The molecule has 10 heteroatoms. The molecule has 0 aliphatic carbocycles. The number of amides is 1. The van der Waals surface area contributed by atoms with Crippen molar-refractivity contribution < 1.29 is 23.9 Å². The van der Waals surface area contributed by atoms with Crippen LogP contribution in [0, 0.1) is 10.1 Å². The normalized spacial score (nSPS) is 11.6. The van der Waals surface area contributed by atoms with Crippen LogP contribution in [0.4, 0.5) is 5.69 Å². The number of nitrogens with zero attached hydrogens (tertiary/aromatic N) is 3. The third-order valence-electron chi connectivity index (χ3n) is 4.22. The molecule has 0 saturated carbocycles. The van der Waals surface area contributed by atoms with Crippen LogP contribution >= 0.6 is 11.3 Å². The van der Waals surface area contributed by atoms with E-state index in [0.29, 0.717) is 40.5 Å². The number of non-ortho nitro benzene ring substituents is 1. The molecule has 152 valence electrons. The summed E-state index contributed by atoms with van der Waals surface area (Å²) in [4.78, 5) is 28.1. The standard InChI is InChI=1S/C19H19N3O6S/c1-26-9-8-21-14-11-13(22(24)25)5-7-17(14)29-19(21)20-18(23)12-4-6-15(27-2)16(10-12)28-3/h4-7,10-11H,8-9H2,1-3H3. The van der Waals surface area contributed by atoms with Gasteiger partial charge < -0.3 is 18.8 Å². The third kappa shape index (κ3) is 4.28. The Morgan fingerprint density at radius 1 is 1.14 bits per heavy atom. The lowest BCUT2D eigenvalue weighted by atomic mass is 10.2. The second kappa shape index (κ2) is 8.84. The number of hydrogen-bond acceptors (Lipinski definition) is 7. The molecule has 0 aliphatic heterocycles. The zero-order chi connectivity index (χ0) is 21.0. The summed E-state index contributed by atoms with van der Waals surface area (Å²) in [6, 6.07) is 9.35. The summed E-state index contributed by atoms with van der Waals surface area (Å²) in [5.41, 5.74) is 0.934. The summed E-state index contributed by atoms with van der Waals surface area (Å²) in [5.74, 6) is 0.472. The van der Waals surface area contributed by atoms with Crippen LogP contribution in [0.15, 0.2) is 41.4 Å². The molecule has 0 radical (unpaired) electrons. The van der Waals surface area contributed by atoms with E-state index in [-0.39, 0.29) is 5.69 Å². The molecule has 0 spiro atoms. The molecule has 1 aromatic heterocycles. The van der Waals surface area contributed by atoms with Gasteiger partial charge in [0.2, 0.25) is 0 Å². The molecule has 0 saturated heterocycles. The number of thiazole rings is 1. The number of aromatic nitrogens is 1. The molecule has 29 heavy (non-hydrogen) atoms. The smallest absolute Gasteiger partial charge is 0.279 e. The lowest BCUT2D eigenvalue weighted by molar-refractivity contribution is -0.384. The van der Waals surface area contributed by atoms with Gasteiger partial charge in [0.05, 0.1) is 36.0 Å². The topological polar surface area (TPSA) is 105 Å². The number of rotatable bonds is 7. The van der Waals surface area contributed by atoms with Gasteiger partial charge in [-0.05, 0) is 24.3 Å². The second-order valence-electron chi connectivity index (χ2n) is 5.92. The third-order valence-corrected chi connectivity index (χ3v) is 5.28. The number of benzene rings is 2. The average Bonchev–Trinajstić information content (AvgIpc) is 3.07. The van der Waals surface area contributed by atoms with Gasteiger partial charge in [0.15, 0.2) is 16.3 Å². The minimum Gasteiger partial charge on any atom is -0.493 e. The Morgan fingerprint density at radius 3 is 2.55 bits per heavy atom. The highest BCUT2D eigenvalue weighted by molar-refractivity contribution is 7.16. The van der Waals surface area contributed by atoms with Crippen LogP contribution < -0.4 is 14.3 Å². The lowest BCUT2D eigenvalue weighted by Gasteiger charge is -2.08. The maximum atomic E-state index is 12.8. The molecule has 3 aromatic rings. The molecule has 0 bridgehead atoms. The van der Waals surface area contributed by atoms with Crippen LogP contribution in [0.5, 0.6) is 11.5 Å². The van der Waals surface area contributed by atoms with Gasteiger partial charge in [0, 0.05) is 31.4 Å². The monoisotopic (exact) mass is 417 g/mol. The van der Waals surface area contributed by atoms with Crippen molar-refractivity contribution in [2.24, 2.45) is 4.99 Å². The van der Waals surface area contributed by atoms with Gasteiger partial charge in [-0.3, -0.25) is 14.9 Å². The van der Waals surface area contributed by atoms with Crippen molar-refractivity contribution in [1.29, 1.82) is 0 Å². The minimum absolute atomic E-state index is 0.0285. The summed E-state index contributed by atoms with van der Waals surface area (Å²) in [7, 11) is 4.56. The van der Waals surface area contributed by atoms with Gasteiger partial charge in [0.1, 0.15) is 0 Å². The maximum absolute atomic E-state index is 12.8. The summed E-state index contributed by atoms with van der Waals surface area (Å²) >= 11 is 1.28. The number of nitro benzene ring substituents is 1. The number of fused-ring (bicyclic) bond motifs is 1. The molecule has 0 N–H and O–H groups in total. The van der Waals surface area contributed by atoms with Crippen LogP contribution in [0.1, 0.15) is 10.4 Å². The second-order valence-corrected chi connectivity index (χ2v) is 6.93. The first-order valence-corrected chi connectivity index (χ1v) is 9.38. The molecule has 1 heterocycles. The van der Waals surface area contributed by atoms with Gasteiger partial charge in [-0.1, -0.05) is 11.3 Å². The number of methoxy groups -OCH3 is 3. The molecule has 1 amide bonds. The van der Waals surface area contributed by atoms with Crippen LogP contribution in [-0.2, 0) is 11.3 Å². The van der Waals surface area contributed by atoms with Gasteiger partial charge in [-0.15, -0.1) is 0 Å². The SMILES string of the molecule is COCCn1c(=NC(=O)c2ccc(OC)c(OC)c2)sc2ccc([N+](=O)[O-])cc21. The van der Waals surface area contributed by atoms with E-state index in [4.69, 9.17) is 14.2 Å². The van der Waals surface area contributed by atoms with Crippen molar-refractivity contribution in [1.82, 2.24) is 4.57 Å². The fourth-order valence-corrected chi connectivity index (χ4v) is 3.81. The Hall–Kier alpha value is -3.24. The molecule has 0 fully saturated rings. The number of hydrogen-bond donors (Lipinski definition) is 0. The Bertz CT molecular complexity index is 1130. The van der Waals surface area contributed by atoms with Crippen LogP contribution in [0.3, 0.4) is 0 Å². The molecule has 0 unspecified atom stereocenters. The Labute approximate surface area is 169 Å². The predicted octanol–water partition coefficient (Wildman–Crippen LogP) is 3.02. The number of ether oxygens (including phenoxy) is 3. The van der Waals surface area contributed by atoms with Crippen molar-refractivity contribution in [3.63, 3.8) is 0 Å². The van der Waals surface area contributed by atoms with Crippen LogP contribution in [0.25, 0.3) is 10.2 Å². The molecule has 9 nitrogen and oxygen atoms in total. The Kier molecular flexibility index (Phi) is 6.25. The van der Waals surface area contributed by atoms with E-state index >= 15 is 0 Å². The molecule has 0 atom stereocenters. The first-order valence-electron chi connectivity index (χ1n) is 8.56. The highest BCUT2D eigenvalue weighted by atomic mass is 32.1. The number of nitro groups is 1. The lowest BCUT2D eigenvalue weighted by Crippen LogP contribution is -2.19. The molecule has 0 aliphatic rings. The highest BCUT2D eigenvalue weighted by Crippen LogP contribution is 2.28. The summed E-state index contributed by atoms with van der Waals surface area (Å²) < 4.78 is 18.1. The quantitative estimate of drug-likeness (QED) is 0.432. The number of carbonyl (C=O) groups excluding carboxylic acids is 1. The van der Waals surface area contributed by atoms with E-state index in [1.54, 1.807) is 35.9 Å². The van der Waals surface area contributed by atoms with Crippen molar-refractivity contribution in [3.8, 4) is 11.5 Å². The zero-order valence-corrected chi connectivity index (χ0v) is 16.9. The highest BCUT2D eigenvalue weighted by Gasteiger charge is 2.14. The molecular weight excluding hydrogens is 398 g/mol. The Morgan fingerprint density at radius 2 is 1.90 bits per heavy atom. The average molecular weight is 417 g/mol. The fraction of sp³-hybridized carbons (Fsp3) is 0.263. The first kappa shape index (κ1) is 20.5. The largest absolute Gasteiger partial charge is 0.493 e. The van der Waals surface area contributed by atoms with Gasteiger partial charge in [-0.2, -0.15) is 4.99 Å². The van der Waals surface area contributed by atoms with Crippen molar-refractivity contribution >= 4 is 33.1 Å². The van der Waals surface area contributed by atoms with Crippen LogP contribution in [0.2, 0.25) is 0 Å². The van der Waals surface area contributed by atoms with Gasteiger partial charge in [0.25, 0.3) is 11.6 Å². The Balaban J connectivity index is 2.10. The summed E-state index contributed by atoms with van der Waals surface area (Å²) in [5, 5.41) is 11.1. The minimum atomic E-state index is -0.460. The number of carbonyl (C=O) groups is 1. The van der Waals surface area contributed by atoms with Gasteiger partial charge in [-0.25, -0.2) is 0 Å². The van der Waals surface area contributed by atoms with Crippen LogP contribution in [-0.4, -0.2) is 43.3 Å². The van der Waals surface area contributed by atoms with E-state index in [9.17, 15) is 14.9 Å². The maximum Gasteiger partial charge on any atom is 0.279 e. The van der Waals surface area contributed by atoms with E-state index in [1.807, 2.05) is 0 Å². The fourth-order valence-electron chi connectivity index (χ4n) is 2.78. The van der Waals surface area contributed by atoms with Gasteiger partial charge >= 0.3 is 0 Å². The zero-order valence-electron chi connectivity index (χ0n) is 16.1. The van der Waals surface area contributed by atoms with E-state index in [2.05, 4.69) is 4.99 Å². The van der Waals surface area contributed by atoms with Crippen molar-refractivity contribution in [2.75, 3.05) is 27.9 Å². The van der Waals surface area contributed by atoms with E-state index in [1.165, 1.54) is 37.7 Å². The summed E-state index contributed by atoms with van der Waals surface area (Å²) in [6.45, 7) is 0.766. The first-order chi connectivity index (χ1) is 14.0. The van der Waals surface area contributed by atoms with Crippen molar-refractivity contribution in [2.45, 2.75) is 6.54 Å². The van der Waals surface area contributed by atoms with Crippen molar-refractivity contribution in [3.05, 3.63) is 56.9 Å². The van der Waals surface area contributed by atoms with E-state index in [0.717, 1.165) is 4.70 Å². The molecule has 3 rings (SSSR count). The summed E-state index contributed by atoms with van der Waals surface area (Å²) in [6.07, 6.45) is 0. The molecule has 2 aromatic carbocycles. The van der Waals surface area contributed by atoms with E-state index < -0.39 is 10.8 Å². The predicted molar refractivity (Wildman–Crippen MR) is 108 cm³/mol.